The van der Waals surface area contributed by atoms with Gasteiger partial charge in [0.1, 0.15) is 5.82 Å². The Labute approximate surface area is 153 Å². The first-order chi connectivity index (χ1) is 12.4. The van der Waals surface area contributed by atoms with Gasteiger partial charge in [-0.25, -0.2) is 9.18 Å². The summed E-state index contributed by atoms with van der Waals surface area (Å²) in [6, 6.07) is 12.0. The molecular formula is C18H17FN2O4S. The molecule has 0 saturated carbocycles. The van der Waals surface area contributed by atoms with Gasteiger partial charge in [-0.15, -0.1) is 11.8 Å². The number of nitrogens with one attached hydrogen (secondary N) is 1. The Hall–Kier alpha value is -2.87. The predicted octanol–water partition coefficient (Wildman–Crippen LogP) is 2.59. The lowest BCUT2D eigenvalue weighted by atomic mass is 10.2. The first kappa shape index (κ1) is 19.5. The number of thioether (sulfide) groups is 1. The molecule has 1 atom stereocenters. The molecule has 0 unspecified atom stereocenters. The summed E-state index contributed by atoms with van der Waals surface area (Å²) in [4.78, 5) is 35.7. The first-order valence-electron chi connectivity index (χ1n) is 7.64. The van der Waals surface area contributed by atoms with Crippen LogP contribution in [0.1, 0.15) is 17.3 Å². The number of benzene rings is 2. The van der Waals surface area contributed by atoms with Gasteiger partial charge in [0.2, 0.25) is 5.91 Å². The molecule has 2 rings (SSSR count). The molecule has 0 saturated heterocycles. The standard InChI is InChI=1S/C18H17FN2O4S/c1-11(17(20)23)25-18(24)14-4-2-3-5-15(14)26-10-16(22)21-13-8-6-12(19)7-9-13/h2-9,11H,10H2,1H3,(H2,20,23)(H,21,22)/t11-/m1/s1. The Morgan fingerprint density at radius 1 is 1.15 bits per heavy atom. The number of nitrogens with two attached hydrogens (primary N) is 1. The molecular weight excluding hydrogens is 359 g/mol. The summed E-state index contributed by atoms with van der Waals surface area (Å²) in [5.41, 5.74) is 5.79. The molecule has 6 nitrogen and oxygen atoms in total. The fraction of sp³-hybridized carbons (Fsp3) is 0.167. The number of primary amides is 1. The van der Waals surface area contributed by atoms with Gasteiger partial charge in [-0.2, -0.15) is 0 Å². The summed E-state index contributed by atoms with van der Waals surface area (Å²) >= 11 is 1.14. The van der Waals surface area contributed by atoms with Crippen LogP contribution in [0.5, 0.6) is 0 Å². The van der Waals surface area contributed by atoms with Gasteiger partial charge in [-0.1, -0.05) is 12.1 Å². The number of carbonyl (C=O) groups is 3. The monoisotopic (exact) mass is 376 g/mol. The summed E-state index contributed by atoms with van der Waals surface area (Å²) in [7, 11) is 0. The summed E-state index contributed by atoms with van der Waals surface area (Å²) in [5, 5.41) is 2.63. The van der Waals surface area contributed by atoms with Crippen LogP contribution in [0.3, 0.4) is 0 Å². The van der Waals surface area contributed by atoms with E-state index in [2.05, 4.69) is 5.32 Å². The molecule has 0 bridgehead atoms. The first-order valence-corrected chi connectivity index (χ1v) is 8.63. The van der Waals surface area contributed by atoms with E-state index >= 15 is 0 Å². The van der Waals surface area contributed by atoms with Gasteiger partial charge in [0.15, 0.2) is 6.10 Å². The number of rotatable bonds is 7. The maximum Gasteiger partial charge on any atom is 0.340 e. The van der Waals surface area contributed by atoms with Gasteiger partial charge in [0.25, 0.3) is 5.91 Å². The smallest absolute Gasteiger partial charge is 0.340 e. The fourth-order valence-electron chi connectivity index (χ4n) is 1.92. The Kier molecular flexibility index (Phi) is 6.74. The zero-order valence-corrected chi connectivity index (χ0v) is 14.7. The minimum Gasteiger partial charge on any atom is -0.449 e. The number of amides is 2. The molecule has 26 heavy (non-hydrogen) atoms. The van der Waals surface area contributed by atoms with Crippen LogP contribution in [0.4, 0.5) is 10.1 Å². The molecule has 0 aliphatic rings. The second-order valence-electron chi connectivity index (χ2n) is 5.29. The highest BCUT2D eigenvalue weighted by Gasteiger charge is 2.19. The number of halogens is 1. The van der Waals surface area contributed by atoms with Crippen LogP contribution in [0, 0.1) is 5.82 Å². The van der Waals surface area contributed by atoms with Crippen molar-refractivity contribution in [2.24, 2.45) is 5.73 Å². The van der Waals surface area contributed by atoms with E-state index in [1.807, 2.05) is 0 Å². The normalized spacial score (nSPS) is 11.5. The third-order valence-electron chi connectivity index (χ3n) is 3.28. The Balaban J connectivity index is 1.99. The molecule has 0 radical (unpaired) electrons. The maximum atomic E-state index is 12.9. The van der Waals surface area contributed by atoms with E-state index in [-0.39, 0.29) is 17.2 Å². The van der Waals surface area contributed by atoms with Gasteiger partial charge in [-0.3, -0.25) is 9.59 Å². The molecule has 136 valence electrons. The van der Waals surface area contributed by atoms with Crippen molar-refractivity contribution in [3.63, 3.8) is 0 Å². The van der Waals surface area contributed by atoms with Crippen molar-refractivity contribution in [2.45, 2.75) is 17.9 Å². The average molecular weight is 376 g/mol. The topological polar surface area (TPSA) is 98.5 Å². The lowest BCUT2D eigenvalue weighted by molar-refractivity contribution is -0.125. The van der Waals surface area contributed by atoms with Crippen molar-refractivity contribution in [1.82, 2.24) is 0 Å². The molecule has 8 heteroatoms. The minimum atomic E-state index is -1.05. The van der Waals surface area contributed by atoms with Crippen LogP contribution >= 0.6 is 11.8 Å². The third-order valence-corrected chi connectivity index (χ3v) is 4.35. The largest absolute Gasteiger partial charge is 0.449 e. The highest BCUT2D eigenvalue weighted by molar-refractivity contribution is 8.00. The Morgan fingerprint density at radius 3 is 2.46 bits per heavy atom. The summed E-state index contributed by atoms with van der Waals surface area (Å²) < 4.78 is 17.9. The minimum absolute atomic E-state index is 0.0348. The van der Waals surface area contributed by atoms with Crippen LogP contribution in [0.15, 0.2) is 53.4 Å². The van der Waals surface area contributed by atoms with Crippen molar-refractivity contribution in [1.29, 1.82) is 0 Å². The number of hydrogen-bond donors (Lipinski definition) is 2. The summed E-state index contributed by atoms with van der Waals surface area (Å²) in [6.07, 6.45) is -1.05. The van der Waals surface area contributed by atoms with Gasteiger partial charge in [0, 0.05) is 10.6 Å². The summed E-state index contributed by atoms with van der Waals surface area (Å²) in [5.74, 6) is -2.11. The molecule has 3 N–H and O–H groups in total. The zero-order chi connectivity index (χ0) is 19.1. The van der Waals surface area contributed by atoms with E-state index in [9.17, 15) is 18.8 Å². The highest BCUT2D eigenvalue weighted by Crippen LogP contribution is 2.24. The fourth-order valence-corrected chi connectivity index (χ4v) is 2.76. The number of anilines is 1. The maximum absolute atomic E-state index is 12.9. The van der Waals surface area contributed by atoms with Crippen molar-refractivity contribution < 1.29 is 23.5 Å². The van der Waals surface area contributed by atoms with E-state index < -0.39 is 23.8 Å². The molecule has 0 aromatic heterocycles. The van der Waals surface area contributed by atoms with Gasteiger partial charge in [0.05, 0.1) is 11.3 Å². The van der Waals surface area contributed by atoms with Gasteiger partial charge >= 0.3 is 5.97 Å². The van der Waals surface area contributed by atoms with E-state index in [1.165, 1.54) is 37.3 Å². The van der Waals surface area contributed by atoms with Crippen molar-refractivity contribution in [2.75, 3.05) is 11.1 Å². The number of ether oxygens (including phenoxy) is 1. The molecule has 2 amide bonds. The average Bonchev–Trinajstić information content (AvgIpc) is 2.62. The third kappa shape index (κ3) is 5.59. The number of esters is 1. The van der Waals surface area contributed by atoms with Gasteiger partial charge < -0.3 is 15.8 Å². The zero-order valence-electron chi connectivity index (χ0n) is 13.9. The lowest BCUT2D eigenvalue weighted by Crippen LogP contribution is -2.30. The predicted molar refractivity (Wildman–Crippen MR) is 96.3 cm³/mol. The Morgan fingerprint density at radius 2 is 1.81 bits per heavy atom. The molecule has 0 heterocycles. The number of carbonyl (C=O) groups excluding carboxylic acids is 3. The molecule has 0 aliphatic heterocycles. The van der Waals surface area contributed by atoms with Gasteiger partial charge in [-0.05, 0) is 43.3 Å². The summed E-state index contributed by atoms with van der Waals surface area (Å²) in [6.45, 7) is 1.38. The van der Waals surface area contributed by atoms with Crippen molar-refractivity contribution in [3.8, 4) is 0 Å². The van der Waals surface area contributed by atoms with Crippen LogP contribution in [0.2, 0.25) is 0 Å². The van der Waals surface area contributed by atoms with Crippen LogP contribution < -0.4 is 11.1 Å². The van der Waals surface area contributed by atoms with E-state index in [0.29, 0.717) is 10.6 Å². The molecule has 0 aliphatic carbocycles. The second kappa shape index (κ2) is 9.00. The quantitative estimate of drug-likeness (QED) is 0.572. The van der Waals surface area contributed by atoms with Crippen molar-refractivity contribution >= 4 is 35.2 Å². The molecule has 2 aromatic rings. The highest BCUT2D eigenvalue weighted by atomic mass is 32.2. The SMILES string of the molecule is C[C@@H](OC(=O)c1ccccc1SCC(=O)Nc1ccc(F)cc1)C(N)=O. The van der Waals surface area contributed by atoms with Crippen LogP contribution in [-0.4, -0.2) is 29.6 Å². The van der Waals surface area contributed by atoms with E-state index in [0.717, 1.165) is 11.8 Å². The van der Waals surface area contributed by atoms with Crippen molar-refractivity contribution in [3.05, 3.63) is 59.9 Å². The molecule has 0 fully saturated rings. The van der Waals surface area contributed by atoms with E-state index in [4.69, 9.17) is 10.5 Å². The Bertz CT molecular complexity index is 811. The second-order valence-corrected chi connectivity index (χ2v) is 6.31. The van der Waals surface area contributed by atoms with E-state index in [1.54, 1.807) is 18.2 Å². The number of hydrogen-bond acceptors (Lipinski definition) is 5. The lowest BCUT2D eigenvalue weighted by Gasteiger charge is -2.12. The van der Waals surface area contributed by atoms with Crippen LogP contribution in [0.25, 0.3) is 0 Å². The molecule has 0 spiro atoms. The van der Waals surface area contributed by atoms with Crippen LogP contribution in [-0.2, 0) is 14.3 Å². The molecule has 2 aromatic carbocycles.